The van der Waals surface area contributed by atoms with Gasteiger partial charge in [-0.25, -0.2) is 4.98 Å². The van der Waals surface area contributed by atoms with E-state index in [1.54, 1.807) is 0 Å². The normalized spacial score (nSPS) is 21.0. The summed E-state index contributed by atoms with van der Waals surface area (Å²) in [6.45, 7) is 2.02. The number of hydrogen-bond acceptors (Lipinski definition) is 5. The van der Waals surface area contributed by atoms with Crippen LogP contribution in [0.5, 0.6) is 0 Å². The Morgan fingerprint density at radius 3 is 2.44 bits per heavy atom. The molecule has 3 aromatic rings. The molecule has 0 bridgehead atoms. The molecule has 2 saturated heterocycles. The number of nitrogens with one attached hydrogen (secondary N) is 1. The molecule has 36 heavy (non-hydrogen) atoms. The third kappa shape index (κ3) is 4.28. The Labute approximate surface area is 211 Å². The molecule has 2 aliphatic heterocycles. The van der Waals surface area contributed by atoms with E-state index >= 15 is 0 Å². The summed E-state index contributed by atoms with van der Waals surface area (Å²) in [5.41, 5.74) is 4.14. The van der Waals surface area contributed by atoms with Crippen LogP contribution < -0.4 is 5.32 Å². The van der Waals surface area contributed by atoms with Crippen LogP contribution in [0.1, 0.15) is 78.5 Å². The van der Waals surface area contributed by atoms with Crippen LogP contribution in [0.25, 0.3) is 11.0 Å². The van der Waals surface area contributed by atoms with Crippen LogP contribution in [0.3, 0.4) is 0 Å². The van der Waals surface area contributed by atoms with Gasteiger partial charge >= 0.3 is 0 Å². The van der Waals surface area contributed by atoms with E-state index in [4.69, 9.17) is 9.72 Å². The molecule has 2 aromatic heterocycles. The number of amides is 2. The van der Waals surface area contributed by atoms with Crippen LogP contribution >= 0.6 is 0 Å². The maximum atomic E-state index is 13.6. The van der Waals surface area contributed by atoms with Gasteiger partial charge in [0.05, 0.1) is 16.7 Å². The highest BCUT2D eigenvalue weighted by Gasteiger charge is 2.30. The predicted octanol–water partition coefficient (Wildman–Crippen LogP) is 4.37. The summed E-state index contributed by atoms with van der Waals surface area (Å²) < 4.78 is 7.70. The molecular formula is C28H33N5O3. The molecule has 3 fully saturated rings. The number of carbonyl (C=O) groups excluding carboxylic acids is 2. The minimum Gasteiger partial charge on any atom is -0.368 e. The maximum Gasteiger partial charge on any atom is 0.254 e. The molecule has 8 heteroatoms. The quantitative estimate of drug-likeness (QED) is 0.577. The first-order valence-electron chi connectivity index (χ1n) is 13.2. The molecule has 8 nitrogen and oxygen atoms in total. The highest BCUT2D eigenvalue weighted by atomic mass is 16.5. The molecule has 2 amide bonds. The fourth-order valence-electron chi connectivity index (χ4n) is 5.85. The maximum absolute atomic E-state index is 13.6. The van der Waals surface area contributed by atoms with E-state index in [2.05, 4.69) is 27.0 Å². The van der Waals surface area contributed by atoms with Crippen molar-refractivity contribution in [3.63, 3.8) is 0 Å². The molecule has 0 unspecified atom stereocenters. The van der Waals surface area contributed by atoms with Crippen molar-refractivity contribution < 1.29 is 14.3 Å². The van der Waals surface area contributed by atoms with Crippen molar-refractivity contribution in [1.29, 1.82) is 0 Å². The van der Waals surface area contributed by atoms with Gasteiger partial charge in [0.25, 0.3) is 11.8 Å². The summed E-state index contributed by atoms with van der Waals surface area (Å²) in [7, 11) is 2.01. The molecule has 1 atom stereocenters. The predicted molar refractivity (Wildman–Crippen MR) is 137 cm³/mol. The molecule has 188 valence electrons. The number of piperidine rings is 1. The van der Waals surface area contributed by atoms with Crippen LogP contribution in [-0.2, 0) is 16.6 Å². The van der Waals surface area contributed by atoms with E-state index < -0.39 is 6.10 Å². The van der Waals surface area contributed by atoms with Gasteiger partial charge in [-0.2, -0.15) is 0 Å². The zero-order valence-corrected chi connectivity index (χ0v) is 20.8. The lowest BCUT2D eigenvalue weighted by Crippen LogP contribution is -2.38. The fraction of sp³-hybridized carbons (Fsp3) is 0.500. The van der Waals surface area contributed by atoms with Gasteiger partial charge in [0.15, 0.2) is 0 Å². The van der Waals surface area contributed by atoms with Gasteiger partial charge in [0.2, 0.25) is 0 Å². The number of ether oxygens (including phenoxy) is 1. The number of anilines is 1. The Morgan fingerprint density at radius 1 is 1.00 bits per heavy atom. The molecular weight excluding hydrogens is 454 g/mol. The van der Waals surface area contributed by atoms with E-state index in [0.717, 1.165) is 55.4 Å². The van der Waals surface area contributed by atoms with Gasteiger partial charge in [-0.3, -0.25) is 14.6 Å². The number of fused-ring (bicyclic) bond motifs is 1. The van der Waals surface area contributed by atoms with Crippen LogP contribution in [0.4, 0.5) is 5.69 Å². The Morgan fingerprint density at radius 2 is 1.78 bits per heavy atom. The number of rotatable bonds is 5. The number of aryl methyl sites for hydroxylation is 1. The van der Waals surface area contributed by atoms with Gasteiger partial charge in [0.1, 0.15) is 11.9 Å². The third-order valence-corrected chi connectivity index (χ3v) is 8.16. The SMILES string of the molecule is Cn1c(C2CCC2)nc2cc(C(=O)N3CCC(c4ccncc4)CC3)cc(NC(=O)[C@H]3CCCO3)c21. The van der Waals surface area contributed by atoms with Crippen molar-refractivity contribution in [2.24, 2.45) is 7.05 Å². The number of likely N-dealkylation sites (tertiary alicyclic amines) is 1. The summed E-state index contributed by atoms with van der Waals surface area (Å²) in [6, 6.07) is 7.87. The van der Waals surface area contributed by atoms with Crippen LogP contribution in [0, 0.1) is 0 Å². The Balaban J connectivity index is 1.28. The number of imidazole rings is 1. The van der Waals surface area contributed by atoms with Crippen molar-refractivity contribution in [1.82, 2.24) is 19.4 Å². The molecule has 1 aliphatic carbocycles. The van der Waals surface area contributed by atoms with Crippen molar-refractivity contribution in [2.75, 3.05) is 25.0 Å². The topological polar surface area (TPSA) is 89.4 Å². The smallest absolute Gasteiger partial charge is 0.254 e. The number of carbonyl (C=O) groups is 2. The number of benzene rings is 1. The van der Waals surface area contributed by atoms with E-state index in [0.29, 0.717) is 42.8 Å². The highest BCUT2D eigenvalue weighted by molar-refractivity contribution is 6.06. The minimum absolute atomic E-state index is 0.00598. The van der Waals surface area contributed by atoms with Crippen molar-refractivity contribution in [2.45, 2.75) is 62.9 Å². The molecule has 0 spiro atoms. The minimum atomic E-state index is -0.439. The Bertz CT molecular complexity index is 1270. The average Bonchev–Trinajstić information content (AvgIpc) is 3.52. The third-order valence-electron chi connectivity index (χ3n) is 8.16. The van der Waals surface area contributed by atoms with Gasteiger partial charge in [-0.05, 0) is 74.3 Å². The second-order valence-electron chi connectivity index (χ2n) is 10.4. The van der Waals surface area contributed by atoms with Gasteiger partial charge in [-0.15, -0.1) is 0 Å². The summed E-state index contributed by atoms with van der Waals surface area (Å²) in [5, 5.41) is 3.08. The summed E-state index contributed by atoms with van der Waals surface area (Å²) >= 11 is 0. The number of nitrogens with zero attached hydrogens (tertiary/aromatic N) is 4. The lowest BCUT2D eigenvalue weighted by Gasteiger charge is -2.32. The lowest BCUT2D eigenvalue weighted by atomic mass is 9.85. The van der Waals surface area contributed by atoms with Crippen LogP contribution in [0.15, 0.2) is 36.7 Å². The molecule has 6 rings (SSSR count). The standard InChI is InChI=1S/C28H33N5O3/c1-32-25-22(30-26(32)20-4-2-5-20)16-21(17-23(25)31-27(34)24-6-3-15-36-24)28(35)33-13-9-19(10-14-33)18-7-11-29-12-8-18/h7-8,11-12,16-17,19-20,24H,2-6,9-10,13-15H2,1H3,(H,31,34)/t24-/m1/s1. The second kappa shape index (κ2) is 9.65. The van der Waals surface area contributed by atoms with Crippen LogP contribution in [0.2, 0.25) is 0 Å². The van der Waals surface area contributed by atoms with E-state index in [1.165, 1.54) is 12.0 Å². The Hall–Kier alpha value is -3.26. The molecule has 1 saturated carbocycles. The zero-order valence-electron chi connectivity index (χ0n) is 20.8. The van der Waals surface area contributed by atoms with E-state index in [9.17, 15) is 9.59 Å². The first-order valence-corrected chi connectivity index (χ1v) is 13.2. The first kappa shape index (κ1) is 23.2. The van der Waals surface area contributed by atoms with E-state index in [-0.39, 0.29) is 11.8 Å². The number of pyridine rings is 1. The van der Waals surface area contributed by atoms with Gasteiger partial charge in [-0.1, -0.05) is 6.42 Å². The van der Waals surface area contributed by atoms with Crippen LogP contribution in [-0.4, -0.2) is 57.0 Å². The van der Waals surface area contributed by atoms with Crippen molar-refractivity contribution in [3.05, 3.63) is 53.6 Å². The Kier molecular flexibility index (Phi) is 6.21. The zero-order chi connectivity index (χ0) is 24.6. The first-order chi connectivity index (χ1) is 17.6. The van der Waals surface area contributed by atoms with Gasteiger partial charge < -0.3 is 19.5 Å². The molecule has 0 radical (unpaired) electrons. The monoisotopic (exact) mass is 487 g/mol. The molecule has 4 heterocycles. The van der Waals surface area contributed by atoms with Gasteiger partial charge in [0, 0.05) is 50.6 Å². The van der Waals surface area contributed by atoms with E-state index in [1.807, 2.05) is 36.5 Å². The van der Waals surface area contributed by atoms with Crippen molar-refractivity contribution in [3.8, 4) is 0 Å². The summed E-state index contributed by atoms with van der Waals surface area (Å²) in [5.74, 6) is 1.76. The lowest BCUT2D eigenvalue weighted by molar-refractivity contribution is -0.124. The average molecular weight is 488 g/mol. The summed E-state index contributed by atoms with van der Waals surface area (Å²) in [4.78, 5) is 37.6. The number of hydrogen-bond donors (Lipinski definition) is 1. The largest absolute Gasteiger partial charge is 0.368 e. The summed E-state index contributed by atoms with van der Waals surface area (Å²) in [6.07, 6.45) is 10.2. The van der Waals surface area contributed by atoms with Crippen molar-refractivity contribution >= 4 is 28.5 Å². The fourth-order valence-corrected chi connectivity index (χ4v) is 5.85. The molecule has 1 aromatic carbocycles. The highest BCUT2D eigenvalue weighted by Crippen LogP contribution is 2.39. The molecule has 1 N–H and O–H groups in total. The second-order valence-corrected chi connectivity index (χ2v) is 10.4. The number of aromatic nitrogens is 3. The molecule has 3 aliphatic rings.